The first-order valence-electron chi connectivity index (χ1n) is 11.1. The second-order valence-electron chi connectivity index (χ2n) is 9.44. The van der Waals surface area contributed by atoms with Crippen molar-refractivity contribution in [1.29, 1.82) is 0 Å². The van der Waals surface area contributed by atoms with Crippen LogP contribution in [0, 0.1) is 0 Å². The maximum atomic E-state index is 14.1. The van der Waals surface area contributed by atoms with Gasteiger partial charge in [-0.05, 0) is 66.4 Å². The number of carbonyl (C=O) groups excluding carboxylic acids is 1. The highest BCUT2D eigenvalue weighted by molar-refractivity contribution is 9.10. The fourth-order valence-corrected chi connectivity index (χ4v) is 3.92. The summed E-state index contributed by atoms with van der Waals surface area (Å²) in [6.45, 7) is 8.67. The molecule has 0 aliphatic heterocycles. The fourth-order valence-electron chi connectivity index (χ4n) is 3.48. The number of alkyl halides is 3. The number of nitrogens with one attached hydrogen (secondary N) is 1. The van der Waals surface area contributed by atoms with Gasteiger partial charge in [-0.1, -0.05) is 44.2 Å². The molecule has 3 rings (SSSR count). The van der Waals surface area contributed by atoms with Crippen molar-refractivity contribution in [3.8, 4) is 5.75 Å². The quantitative estimate of drug-likeness (QED) is 0.339. The first-order chi connectivity index (χ1) is 16.3. The van der Waals surface area contributed by atoms with Crippen LogP contribution in [0.4, 0.5) is 18.0 Å². The third-order valence-electron chi connectivity index (χ3n) is 5.08. The summed E-state index contributed by atoms with van der Waals surface area (Å²) in [5, 5.41) is 2.62. The van der Waals surface area contributed by atoms with Gasteiger partial charge in [0.2, 0.25) is 0 Å². The van der Waals surface area contributed by atoms with E-state index in [-0.39, 0.29) is 29.2 Å². The molecule has 1 N–H and O–H groups in total. The zero-order chi connectivity index (χ0) is 26.0. The lowest BCUT2D eigenvalue weighted by Crippen LogP contribution is -2.37. The molecule has 5 nitrogen and oxygen atoms in total. The van der Waals surface area contributed by atoms with E-state index in [0.29, 0.717) is 15.7 Å². The zero-order valence-electron chi connectivity index (χ0n) is 20.2. The molecule has 9 heteroatoms. The van der Waals surface area contributed by atoms with E-state index in [1.165, 1.54) is 6.07 Å². The molecule has 1 aromatic heterocycles. The Kier molecular flexibility index (Phi) is 7.99. The highest BCUT2D eigenvalue weighted by atomic mass is 79.9. The SMILES string of the molecule is CC(C)c1cc(C(F)(F)F)c2c(OC[C@H](NC(=O)OC(C)(C)C)c3ccccc3)c(Br)ccc2n1. The smallest absolute Gasteiger partial charge is 0.417 e. The molecule has 1 heterocycles. The van der Waals surface area contributed by atoms with Gasteiger partial charge in [0.1, 0.15) is 18.0 Å². The summed E-state index contributed by atoms with van der Waals surface area (Å²) >= 11 is 3.33. The molecule has 2 aromatic carbocycles. The maximum absolute atomic E-state index is 14.1. The van der Waals surface area contributed by atoms with Crippen molar-refractivity contribution in [3.05, 3.63) is 69.8 Å². The number of hydrogen-bond donors (Lipinski definition) is 1. The summed E-state index contributed by atoms with van der Waals surface area (Å²) in [6, 6.07) is 12.5. The predicted molar refractivity (Wildman–Crippen MR) is 133 cm³/mol. The Hall–Kier alpha value is -2.81. The molecule has 0 fully saturated rings. The Morgan fingerprint density at radius 2 is 1.74 bits per heavy atom. The van der Waals surface area contributed by atoms with E-state index in [1.54, 1.807) is 65.0 Å². The van der Waals surface area contributed by atoms with Crippen LogP contribution >= 0.6 is 15.9 Å². The number of hydrogen-bond acceptors (Lipinski definition) is 4. The molecule has 0 saturated heterocycles. The molecule has 0 unspecified atom stereocenters. The third-order valence-corrected chi connectivity index (χ3v) is 5.71. The molecule has 1 atom stereocenters. The van der Waals surface area contributed by atoms with Gasteiger partial charge in [-0.3, -0.25) is 4.98 Å². The molecule has 35 heavy (non-hydrogen) atoms. The van der Waals surface area contributed by atoms with Gasteiger partial charge in [0.25, 0.3) is 0 Å². The molecule has 0 spiro atoms. The minimum atomic E-state index is -4.61. The van der Waals surface area contributed by atoms with Crippen LogP contribution in [0.15, 0.2) is 53.0 Å². The average molecular weight is 553 g/mol. The minimum absolute atomic E-state index is 0.00421. The van der Waals surface area contributed by atoms with Crippen LogP contribution in [0.5, 0.6) is 5.75 Å². The number of rotatable bonds is 6. The molecular formula is C26H28BrF3N2O3. The highest BCUT2D eigenvalue weighted by Crippen LogP contribution is 2.43. The van der Waals surface area contributed by atoms with Crippen molar-refractivity contribution in [2.24, 2.45) is 0 Å². The number of alkyl carbamates (subject to hydrolysis) is 1. The Balaban J connectivity index is 2.03. The van der Waals surface area contributed by atoms with E-state index in [0.717, 1.165) is 6.07 Å². The van der Waals surface area contributed by atoms with Crippen LogP contribution in [0.1, 0.15) is 63.4 Å². The van der Waals surface area contributed by atoms with Crippen LogP contribution in [0.2, 0.25) is 0 Å². The van der Waals surface area contributed by atoms with E-state index < -0.39 is 29.5 Å². The molecule has 1 amide bonds. The molecule has 0 radical (unpaired) electrons. The number of carbonyl (C=O) groups is 1. The van der Waals surface area contributed by atoms with E-state index in [2.05, 4.69) is 26.2 Å². The topological polar surface area (TPSA) is 60.5 Å². The van der Waals surface area contributed by atoms with E-state index in [1.807, 2.05) is 6.07 Å². The second-order valence-corrected chi connectivity index (χ2v) is 10.3. The second kappa shape index (κ2) is 10.4. The first-order valence-corrected chi connectivity index (χ1v) is 11.9. The van der Waals surface area contributed by atoms with Crippen LogP contribution in [0.3, 0.4) is 0 Å². The third kappa shape index (κ3) is 6.87. The molecule has 0 aliphatic rings. The summed E-state index contributed by atoms with van der Waals surface area (Å²) < 4.78 is 54.0. The van der Waals surface area contributed by atoms with Crippen molar-refractivity contribution < 1.29 is 27.4 Å². The average Bonchev–Trinajstić information content (AvgIpc) is 2.75. The monoisotopic (exact) mass is 552 g/mol. The highest BCUT2D eigenvalue weighted by Gasteiger charge is 2.35. The van der Waals surface area contributed by atoms with Crippen molar-refractivity contribution in [1.82, 2.24) is 10.3 Å². The molecule has 0 saturated carbocycles. The van der Waals surface area contributed by atoms with E-state index in [4.69, 9.17) is 9.47 Å². The minimum Gasteiger partial charge on any atom is -0.489 e. The summed E-state index contributed by atoms with van der Waals surface area (Å²) in [5.74, 6) is -0.182. The lowest BCUT2D eigenvalue weighted by molar-refractivity contribution is -0.136. The maximum Gasteiger partial charge on any atom is 0.417 e. The normalized spacial score (nSPS) is 13.1. The van der Waals surface area contributed by atoms with Crippen molar-refractivity contribution in [2.75, 3.05) is 6.61 Å². The zero-order valence-corrected chi connectivity index (χ0v) is 21.8. The lowest BCUT2D eigenvalue weighted by atomic mass is 10.0. The Morgan fingerprint density at radius 1 is 1.09 bits per heavy atom. The van der Waals surface area contributed by atoms with E-state index >= 15 is 0 Å². The van der Waals surface area contributed by atoms with Crippen LogP contribution in [-0.4, -0.2) is 23.3 Å². The molecule has 0 bridgehead atoms. The van der Waals surface area contributed by atoms with Gasteiger partial charge in [-0.15, -0.1) is 0 Å². The lowest BCUT2D eigenvalue weighted by Gasteiger charge is -2.25. The van der Waals surface area contributed by atoms with Crippen LogP contribution in [-0.2, 0) is 10.9 Å². The van der Waals surface area contributed by atoms with Gasteiger partial charge in [0.05, 0.1) is 27.0 Å². The number of aromatic nitrogens is 1. The van der Waals surface area contributed by atoms with Gasteiger partial charge < -0.3 is 14.8 Å². The summed E-state index contributed by atoms with van der Waals surface area (Å²) in [6.07, 6.45) is -5.27. The predicted octanol–water partition coefficient (Wildman–Crippen LogP) is 7.78. The van der Waals surface area contributed by atoms with Crippen molar-refractivity contribution >= 4 is 32.9 Å². The van der Waals surface area contributed by atoms with Crippen LogP contribution < -0.4 is 10.1 Å². The van der Waals surface area contributed by atoms with Gasteiger partial charge in [-0.2, -0.15) is 13.2 Å². The Bertz CT molecular complexity index is 1190. The van der Waals surface area contributed by atoms with Gasteiger partial charge in [-0.25, -0.2) is 4.79 Å². The number of nitrogens with zero attached hydrogens (tertiary/aromatic N) is 1. The number of halogens is 4. The standard InChI is InChI=1S/C26H28BrF3N2O3/c1-15(2)20-13-17(26(28,29)30)22-19(31-20)12-11-18(27)23(22)34-14-21(16-9-7-6-8-10-16)32-24(33)35-25(3,4)5/h6-13,15,21H,14H2,1-5H3,(H,32,33)/t21-/m0/s1. The number of pyridine rings is 1. The van der Waals surface area contributed by atoms with Gasteiger partial charge in [0.15, 0.2) is 0 Å². The Labute approximate surface area is 211 Å². The van der Waals surface area contributed by atoms with Crippen LogP contribution in [0.25, 0.3) is 10.9 Å². The van der Waals surface area contributed by atoms with Crippen molar-refractivity contribution in [2.45, 2.75) is 58.4 Å². The summed E-state index contributed by atoms with van der Waals surface area (Å²) in [4.78, 5) is 16.9. The summed E-state index contributed by atoms with van der Waals surface area (Å²) in [5.41, 5.74) is -0.304. The molecule has 3 aromatic rings. The first kappa shape index (κ1) is 26.8. The summed E-state index contributed by atoms with van der Waals surface area (Å²) in [7, 11) is 0. The number of fused-ring (bicyclic) bond motifs is 1. The molecule has 0 aliphatic carbocycles. The molecular weight excluding hydrogens is 525 g/mol. The largest absolute Gasteiger partial charge is 0.489 e. The molecule has 188 valence electrons. The van der Waals surface area contributed by atoms with Crippen molar-refractivity contribution in [3.63, 3.8) is 0 Å². The van der Waals surface area contributed by atoms with E-state index in [9.17, 15) is 18.0 Å². The number of benzene rings is 2. The Morgan fingerprint density at radius 3 is 2.31 bits per heavy atom. The number of ether oxygens (including phenoxy) is 2. The number of amides is 1. The van der Waals surface area contributed by atoms with Gasteiger partial charge in [0, 0.05) is 5.69 Å². The van der Waals surface area contributed by atoms with Gasteiger partial charge >= 0.3 is 12.3 Å². The fraction of sp³-hybridized carbons (Fsp3) is 0.385.